The van der Waals surface area contributed by atoms with Crippen molar-refractivity contribution in [1.29, 1.82) is 0 Å². The molecular formula is C18H13BrN4S. The Hall–Kier alpha value is -2.05. The number of halogens is 1. The lowest BCUT2D eigenvalue weighted by Gasteiger charge is -2.17. The van der Waals surface area contributed by atoms with Gasteiger partial charge in [-0.2, -0.15) is 0 Å². The van der Waals surface area contributed by atoms with Crippen LogP contribution in [0.3, 0.4) is 0 Å². The van der Waals surface area contributed by atoms with E-state index in [4.69, 9.17) is 4.98 Å². The van der Waals surface area contributed by atoms with Gasteiger partial charge in [-0.3, -0.25) is 4.99 Å². The third-order valence-corrected chi connectivity index (χ3v) is 5.98. The fourth-order valence-electron chi connectivity index (χ4n) is 3.21. The predicted octanol–water partition coefficient (Wildman–Crippen LogP) is 4.77. The zero-order chi connectivity index (χ0) is 16.3. The zero-order valence-corrected chi connectivity index (χ0v) is 15.4. The van der Waals surface area contributed by atoms with Gasteiger partial charge in [-0.15, -0.1) is 11.3 Å². The number of aliphatic imine (C=N–C) groups is 2. The molecule has 118 valence electrons. The maximum Gasteiger partial charge on any atom is 0.148 e. The molecule has 3 aromatic rings. The van der Waals surface area contributed by atoms with E-state index in [0.717, 1.165) is 55.4 Å². The molecule has 0 aliphatic carbocycles. The number of hydrogen-bond donors (Lipinski definition) is 0. The van der Waals surface area contributed by atoms with Crippen LogP contribution in [0.1, 0.15) is 10.4 Å². The van der Waals surface area contributed by atoms with Gasteiger partial charge in [-0.1, -0.05) is 28.1 Å². The monoisotopic (exact) mass is 396 g/mol. The molecule has 0 spiro atoms. The van der Waals surface area contributed by atoms with Gasteiger partial charge in [0.05, 0.1) is 29.1 Å². The van der Waals surface area contributed by atoms with Gasteiger partial charge in [-0.25, -0.2) is 9.98 Å². The van der Waals surface area contributed by atoms with Crippen LogP contribution in [0.5, 0.6) is 0 Å². The third kappa shape index (κ3) is 2.06. The summed E-state index contributed by atoms with van der Waals surface area (Å²) in [6, 6.07) is 10.4. The topological polar surface area (TPSA) is 40.9 Å². The van der Waals surface area contributed by atoms with Crippen LogP contribution in [-0.4, -0.2) is 35.1 Å². The molecular weight excluding hydrogens is 384 g/mol. The molecule has 0 N–H and O–H groups in total. The Bertz CT molecular complexity index is 1030. The standard InChI is InChI=1S/C18H13BrN4S/c1-10-8-13(11-2-4-12(19)5-3-11)22-18-14(10)15-16(24-18)17-20-6-7-23(17)9-21-15/h2-5,8-9H,6-7H2,1H3. The number of pyridine rings is 1. The minimum atomic E-state index is 0.839. The smallest absolute Gasteiger partial charge is 0.148 e. The molecule has 2 aliphatic heterocycles. The number of amidine groups is 1. The van der Waals surface area contributed by atoms with Crippen LogP contribution >= 0.6 is 27.3 Å². The highest BCUT2D eigenvalue weighted by molar-refractivity contribution is 9.10. The number of thiophene rings is 1. The van der Waals surface area contributed by atoms with Gasteiger partial charge >= 0.3 is 0 Å². The van der Waals surface area contributed by atoms with Gasteiger partial charge in [0, 0.05) is 22.0 Å². The van der Waals surface area contributed by atoms with Gasteiger partial charge in [0.15, 0.2) is 0 Å². The molecule has 0 bridgehead atoms. The number of nitrogens with zero attached hydrogens (tertiary/aromatic N) is 4. The molecule has 0 saturated carbocycles. The van der Waals surface area contributed by atoms with E-state index in [1.165, 1.54) is 5.56 Å². The van der Waals surface area contributed by atoms with Crippen LogP contribution in [0.15, 0.2) is 44.8 Å². The summed E-state index contributed by atoms with van der Waals surface area (Å²) in [5, 5.41) is 1.15. The van der Waals surface area contributed by atoms with E-state index in [-0.39, 0.29) is 0 Å². The van der Waals surface area contributed by atoms with Gasteiger partial charge in [0.1, 0.15) is 10.7 Å². The number of aromatic nitrogens is 1. The largest absolute Gasteiger partial charge is 0.314 e. The van der Waals surface area contributed by atoms with E-state index in [1.807, 2.05) is 18.5 Å². The summed E-state index contributed by atoms with van der Waals surface area (Å²) in [7, 11) is 0. The molecule has 1 aromatic carbocycles. The first kappa shape index (κ1) is 14.3. The molecule has 0 unspecified atom stereocenters. The summed E-state index contributed by atoms with van der Waals surface area (Å²) in [6.45, 7) is 3.90. The minimum absolute atomic E-state index is 0.839. The Kier molecular flexibility index (Phi) is 3.11. The molecule has 0 amide bonds. The SMILES string of the molecule is Cc1cc(-c2ccc(Br)cc2)nc2sc3c(c12)N=CN1CCN=C31. The molecule has 0 atom stereocenters. The summed E-state index contributed by atoms with van der Waals surface area (Å²) < 4.78 is 1.07. The predicted molar refractivity (Wildman–Crippen MR) is 104 cm³/mol. The first-order chi connectivity index (χ1) is 11.7. The van der Waals surface area contributed by atoms with Crippen molar-refractivity contribution in [1.82, 2.24) is 9.88 Å². The maximum atomic E-state index is 4.91. The van der Waals surface area contributed by atoms with Crippen molar-refractivity contribution in [2.24, 2.45) is 9.98 Å². The highest BCUT2D eigenvalue weighted by atomic mass is 79.9. The highest BCUT2D eigenvalue weighted by Gasteiger charge is 2.28. The Morgan fingerprint density at radius 1 is 1.21 bits per heavy atom. The van der Waals surface area contributed by atoms with Crippen molar-refractivity contribution in [2.45, 2.75) is 6.92 Å². The van der Waals surface area contributed by atoms with E-state index in [1.54, 1.807) is 11.3 Å². The van der Waals surface area contributed by atoms with Crippen molar-refractivity contribution >= 4 is 55.3 Å². The maximum absolute atomic E-state index is 4.91. The number of hydrogen-bond acceptors (Lipinski definition) is 5. The molecule has 4 heterocycles. The Balaban J connectivity index is 1.73. The Morgan fingerprint density at radius 2 is 2.04 bits per heavy atom. The van der Waals surface area contributed by atoms with Crippen LogP contribution in [0, 0.1) is 6.92 Å². The first-order valence-corrected chi connectivity index (χ1v) is 9.37. The summed E-state index contributed by atoms with van der Waals surface area (Å²) in [6.07, 6.45) is 1.91. The number of aryl methyl sites for hydroxylation is 1. The molecule has 0 radical (unpaired) electrons. The van der Waals surface area contributed by atoms with Crippen molar-refractivity contribution in [2.75, 3.05) is 13.1 Å². The normalized spacial score (nSPS) is 15.6. The molecule has 0 fully saturated rings. The summed E-state index contributed by atoms with van der Waals surface area (Å²) in [4.78, 5) is 18.5. The second-order valence-corrected chi connectivity index (χ2v) is 7.85. The lowest BCUT2D eigenvalue weighted by molar-refractivity contribution is 0.682. The van der Waals surface area contributed by atoms with E-state index >= 15 is 0 Å². The van der Waals surface area contributed by atoms with Crippen LogP contribution in [0.25, 0.3) is 21.5 Å². The van der Waals surface area contributed by atoms with Crippen molar-refractivity contribution in [3.63, 3.8) is 0 Å². The van der Waals surface area contributed by atoms with Gasteiger partial charge < -0.3 is 4.90 Å². The van der Waals surface area contributed by atoms with Crippen molar-refractivity contribution in [3.8, 4) is 11.3 Å². The van der Waals surface area contributed by atoms with Crippen molar-refractivity contribution < 1.29 is 0 Å². The lowest BCUT2D eigenvalue weighted by Crippen LogP contribution is -2.28. The van der Waals surface area contributed by atoms with Crippen LogP contribution in [0.4, 0.5) is 5.69 Å². The minimum Gasteiger partial charge on any atom is -0.314 e. The van der Waals surface area contributed by atoms with Gasteiger partial charge in [0.2, 0.25) is 0 Å². The lowest BCUT2D eigenvalue weighted by atomic mass is 10.1. The highest BCUT2D eigenvalue weighted by Crippen LogP contribution is 2.42. The Morgan fingerprint density at radius 3 is 2.88 bits per heavy atom. The summed E-state index contributed by atoms with van der Waals surface area (Å²) >= 11 is 5.18. The van der Waals surface area contributed by atoms with E-state index in [9.17, 15) is 0 Å². The molecule has 2 aliphatic rings. The average molecular weight is 397 g/mol. The van der Waals surface area contributed by atoms with Crippen LogP contribution < -0.4 is 0 Å². The van der Waals surface area contributed by atoms with Crippen LogP contribution in [0.2, 0.25) is 0 Å². The summed E-state index contributed by atoms with van der Waals surface area (Å²) in [5.74, 6) is 1.05. The second kappa shape index (κ2) is 5.22. The molecule has 6 heteroatoms. The molecule has 0 saturated heterocycles. The zero-order valence-electron chi connectivity index (χ0n) is 13.0. The molecule has 24 heavy (non-hydrogen) atoms. The average Bonchev–Trinajstić information content (AvgIpc) is 3.18. The quantitative estimate of drug-likeness (QED) is 0.594. The van der Waals surface area contributed by atoms with E-state index < -0.39 is 0 Å². The first-order valence-electron chi connectivity index (χ1n) is 7.76. The third-order valence-electron chi connectivity index (χ3n) is 4.38. The Labute approximate surface area is 151 Å². The fourth-order valence-corrected chi connectivity index (χ4v) is 4.70. The van der Waals surface area contributed by atoms with Crippen molar-refractivity contribution in [3.05, 3.63) is 45.2 Å². The summed E-state index contributed by atoms with van der Waals surface area (Å²) in [5.41, 5.74) is 4.36. The van der Waals surface area contributed by atoms with Crippen LogP contribution in [-0.2, 0) is 0 Å². The van der Waals surface area contributed by atoms with E-state index in [2.05, 4.69) is 55.9 Å². The number of rotatable bonds is 1. The molecule has 2 aromatic heterocycles. The van der Waals surface area contributed by atoms with Gasteiger partial charge in [0.25, 0.3) is 0 Å². The number of fused-ring (bicyclic) bond motifs is 5. The second-order valence-electron chi connectivity index (χ2n) is 5.93. The number of benzene rings is 1. The molecule has 5 rings (SSSR count). The molecule has 4 nitrogen and oxygen atoms in total. The fraction of sp³-hybridized carbons (Fsp3) is 0.167. The van der Waals surface area contributed by atoms with Gasteiger partial charge in [-0.05, 0) is 30.7 Å². The van der Waals surface area contributed by atoms with E-state index in [0.29, 0.717) is 0 Å².